The molecule has 1 unspecified atom stereocenters. The minimum absolute atomic E-state index is 0.0354. The monoisotopic (exact) mass is 281 g/mol. The van der Waals surface area contributed by atoms with E-state index in [-0.39, 0.29) is 11.9 Å². The van der Waals surface area contributed by atoms with Crippen LogP contribution in [0.3, 0.4) is 0 Å². The Morgan fingerprint density at radius 3 is 2.76 bits per heavy atom. The maximum atomic E-state index is 12.1. The Hall–Kier alpha value is -2.23. The van der Waals surface area contributed by atoms with Crippen LogP contribution >= 0.6 is 0 Å². The van der Waals surface area contributed by atoms with Crippen LogP contribution in [-0.2, 0) is 12.8 Å². The van der Waals surface area contributed by atoms with Gasteiger partial charge >= 0.3 is 0 Å². The van der Waals surface area contributed by atoms with Crippen LogP contribution in [0.1, 0.15) is 53.0 Å². The lowest BCUT2D eigenvalue weighted by Gasteiger charge is -2.20. The quantitative estimate of drug-likeness (QED) is 0.941. The van der Waals surface area contributed by atoms with Crippen LogP contribution in [0.4, 0.5) is 0 Å². The van der Waals surface area contributed by atoms with Gasteiger partial charge in [0.2, 0.25) is 0 Å². The van der Waals surface area contributed by atoms with E-state index >= 15 is 0 Å². The maximum absolute atomic E-state index is 12.1. The molecule has 0 saturated heterocycles. The number of hydrogen-bond acceptors (Lipinski definition) is 3. The second-order valence-electron chi connectivity index (χ2n) is 5.52. The Morgan fingerprint density at radius 1 is 1.19 bits per heavy atom. The van der Waals surface area contributed by atoms with Crippen LogP contribution in [0.5, 0.6) is 0 Å². The molecule has 1 aliphatic rings. The summed E-state index contributed by atoms with van der Waals surface area (Å²) in [4.78, 5) is 20.0. The highest BCUT2D eigenvalue weighted by Crippen LogP contribution is 2.24. The van der Waals surface area contributed by atoms with Gasteiger partial charge in [0.25, 0.3) is 5.91 Å². The van der Waals surface area contributed by atoms with Gasteiger partial charge in [-0.2, -0.15) is 0 Å². The number of aromatic nitrogens is 2. The summed E-state index contributed by atoms with van der Waals surface area (Å²) >= 11 is 0. The van der Waals surface area contributed by atoms with Crippen molar-refractivity contribution in [1.82, 2.24) is 15.3 Å². The van der Waals surface area contributed by atoms with Crippen molar-refractivity contribution < 1.29 is 4.79 Å². The van der Waals surface area contributed by atoms with E-state index < -0.39 is 0 Å². The van der Waals surface area contributed by atoms with Crippen LogP contribution in [0, 0.1) is 0 Å². The van der Waals surface area contributed by atoms with Crippen LogP contribution in [-0.4, -0.2) is 15.9 Å². The van der Waals surface area contributed by atoms with Gasteiger partial charge in [0.15, 0.2) is 0 Å². The van der Waals surface area contributed by atoms with Gasteiger partial charge in [0.1, 0.15) is 5.69 Å². The summed E-state index contributed by atoms with van der Waals surface area (Å²) in [5.74, 6) is -0.187. The molecule has 0 radical (unpaired) electrons. The molecule has 2 aromatic rings. The summed E-state index contributed by atoms with van der Waals surface area (Å²) in [5.41, 5.74) is 4.38. The zero-order chi connectivity index (χ0) is 14.7. The maximum Gasteiger partial charge on any atom is 0.271 e. The molecule has 4 heteroatoms. The summed E-state index contributed by atoms with van der Waals surface area (Å²) in [5, 5.41) is 2.98. The number of amides is 1. The Balaban J connectivity index is 1.73. The van der Waals surface area contributed by atoms with Crippen molar-refractivity contribution in [2.24, 2.45) is 0 Å². The fourth-order valence-corrected chi connectivity index (χ4v) is 2.79. The number of hydrogen-bond donors (Lipinski definition) is 1. The fourth-order valence-electron chi connectivity index (χ4n) is 2.79. The highest BCUT2D eigenvalue weighted by atomic mass is 16.1. The van der Waals surface area contributed by atoms with Gasteiger partial charge < -0.3 is 5.32 Å². The molecule has 1 N–H and O–H groups in total. The first-order chi connectivity index (χ1) is 10.2. The predicted octanol–water partition coefficient (Wildman–Crippen LogP) is 2.85. The zero-order valence-corrected chi connectivity index (χ0v) is 12.2. The molecular formula is C17H19N3O. The third kappa shape index (κ3) is 3.10. The van der Waals surface area contributed by atoms with Crippen molar-refractivity contribution in [3.05, 3.63) is 59.2 Å². The number of carbonyl (C=O) groups is 1. The Kier molecular flexibility index (Phi) is 3.95. The summed E-state index contributed by atoms with van der Waals surface area (Å²) in [6, 6.07) is 6.52. The number of nitrogens with one attached hydrogen (secondary N) is 1. The minimum Gasteiger partial charge on any atom is -0.344 e. The van der Waals surface area contributed by atoms with Crippen molar-refractivity contribution in [2.45, 2.75) is 38.6 Å². The van der Waals surface area contributed by atoms with Gasteiger partial charge in [-0.25, -0.2) is 4.98 Å². The first-order valence-corrected chi connectivity index (χ1v) is 7.42. The second kappa shape index (κ2) is 6.04. The van der Waals surface area contributed by atoms with Gasteiger partial charge in [-0.15, -0.1) is 0 Å². The van der Waals surface area contributed by atoms with Gasteiger partial charge in [0.05, 0.1) is 12.2 Å². The Morgan fingerprint density at radius 2 is 2.00 bits per heavy atom. The fraction of sp³-hybridized carbons (Fsp3) is 0.353. The molecule has 1 amide bonds. The van der Waals surface area contributed by atoms with E-state index in [1.54, 1.807) is 6.20 Å². The van der Waals surface area contributed by atoms with Crippen LogP contribution < -0.4 is 5.32 Å². The molecule has 108 valence electrons. The van der Waals surface area contributed by atoms with E-state index in [0.29, 0.717) is 5.69 Å². The first-order valence-electron chi connectivity index (χ1n) is 7.42. The lowest BCUT2D eigenvalue weighted by molar-refractivity contribution is 0.0934. The molecule has 0 bridgehead atoms. The van der Waals surface area contributed by atoms with Crippen LogP contribution in [0.15, 0.2) is 36.8 Å². The van der Waals surface area contributed by atoms with E-state index in [0.717, 1.165) is 12.0 Å². The van der Waals surface area contributed by atoms with E-state index in [9.17, 15) is 4.79 Å². The molecule has 1 aliphatic carbocycles. The average molecular weight is 281 g/mol. The molecule has 1 aromatic heterocycles. The van der Waals surface area contributed by atoms with Crippen LogP contribution in [0.25, 0.3) is 0 Å². The lowest BCUT2D eigenvalue weighted by atomic mass is 9.89. The lowest BCUT2D eigenvalue weighted by Crippen LogP contribution is -2.27. The van der Waals surface area contributed by atoms with Gasteiger partial charge in [-0.3, -0.25) is 9.78 Å². The largest absolute Gasteiger partial charge is 0.344 e. The van der Waals surface area contributed by atoms with Crippen molar-refractivity contribution in [2.75, 3.05) is 0 Å². The molecule has 3 rings (SSSR count). The highest BCUT2D eigenvalue weighted by Gasteiger charge is 2.15. The van der Waals surface area contributed by atoms with Gasteiger partial charge in [0, 0.05) is 12.4 Å². The van der Waals surface area contributed by atoms with Gasteiger partial charge in [-0.05, 0) is 49.3 Å². The normalized spacial score (nSPS) is 15.1. The van der Waals surface area contributed by atoms with Crippen molar-refractivity contribution >= 4 is 5.91 Å². The number of nitrogens with zero attached hydrogens (tertiary/aromatic N) is 2. The predicted molar refractivity (Wildman–Crippen MR) is 81.0 cm³/mol. The van der Waals surface area contributed by atoms with Crippen LogP contribution in [0.2, 0.25) is 0 Å². The topological polar surface area (TPSA) is 54.9 Å². The molecule has 0 saturated carbocycles. The smallest absolute Gasteiger partial charge is 0.271 e. The Labute approximate surface area is 124 Å². The third-order valence-electron chi connectivity index (χ3n) is 4.02. The number of benzene rings is 1. The molecule has 1 atom stereocenters. The molecule has 1 heterocycles. The molecule has 0 fully saturated rings. The Bertz CT molecular complexity index is 640. The minimum atomic E-state index is -0.187. The summed E-state index contributed by atoms with van der Waals surface area (Å²) < 4.78 is 0. The molecule has 1 aromatic carbocycles. The summed E-state index contributed by atoms with van der Waals surface area (Å²) in [6.45, 7) is 2.00. The number of aryl methyl sites for hydroxylation is 2. The highest BCUT2D eigenvalue weighted by molar-refractivity contribution is 5.92. The SMILES string of the molecule is CC(NC(=O)c1cnccn1)c1ccc2c(c1)CCCC2. The van der Waals surface area contributed by atoms with E-state index in [1.807, 2.05) is 6.92 Å². The molecular weight excluding hydrogens is 262 g/mol. The van der Waals surface area contributed by atoms with Gasteiger partial charge in [-0.1, -0.05) is 18.2 Å². The summed E-state index contributed by atoms with van der Waals surface area (Å²) in [6.07, 6.45) is 9.43. The molecule has 4 nitrogen and oxygen atoms in total. The average Bonchev–Trinajstić information content (AvgIpc) is 2.55. The first kappa shape index (κ1) is 13.7. The van der Waals surface area contributed by atoms with Crippen molar-refractivity contribution in [1.29, 1.82) is 0 Å². The number of fused-ring (bicyclic) bond motifs is 1. The number of carbonyl (C=O) groups excluding carboxylic acids is 1. The second-order valence-corrected chi connectivity index (χ2v) is 5.52. The molecule has 21 heavy (non-hydrogen) atoms. The van der Waals surface area contributed by atoms with Crippen molar-refractivity contribution in [3.63, 3.8) is 0 Å². The third-order valence-corrected chi connectivity index (χ3v) is 4.02. The standard InChI is InChI=1S/C17H19N3O/c1-12(20-17(21)16-11-18-8-9-19-16)14-7-6-13-4-2-3-5-15(13)10-14/h6-12H,2-5H2,1H3,(H,20,21). The molecule has 0 aliphatic heterocycles. The number of rotatable bonds is 3. The molecule has 0 spiro atoms. The summed E-state index contributed by atoms with van der Waals surface area (Å²) in [7, 11) is 0. The van der Waals surface area contributed by atoms with Crippen molar-refractivity contribution in [3.8, 4) is 0 Å². The van der Waals surface area contributed by atoms with E-state index in [2.05, 4.69) is 33.5 Å². The zero-order valence-electron chi connectivity index (χ0n) is 12.2. The van der Waals surface area contributed by atoms with E-state index in [1.165, 1.54) is 42.8 Å². The van der Waals surface area contributed by atoms with E-state index in [4.69, 9.17) is 0 Å².